The van der Waals surface area contributed by atoms with Gasteiger partial charge in [0.2, 0.25) is 11.9 Å². The minimum Gasteiger partial charge on any atom is -0.368 e. The van der Waals surface area contributed by atoms with Gasteiger partial charge in [0.15, 0.2) is 5.16 Å². The number of hydrogen-bond donors (Lipinski definition) is 2. The Hall–Kier alpha value is -1.24. The highest BCUT2D eigenvalue weighted by Crippen LogP contribution is 2.23. The summed E-state index contributed by atoms with van der Waals surface area (Å²) in [7, 11) is 0. The molecule has 0 bridgehead atoms. The van der Waals surface area contributed by atoms with Gasteiger partial charge >= 0.3 is 0 Å². The average Bonchev–Trinajstić information content (AvgIpc) is 2.79. The molecule has 1 aromatic rings. The lowest BCUT2D eigenvalue weighted by Gasteiger charge is -2.22. The first-order valence-corrected chi connectivity index (χ1v) is 8.19. The van der Waals surface area contributed by atoms with E-state index in [4.69, 9.17) is 5.73 Å². The van der Waals surface area contributed by atoms with E-state index in [0.717, 1.165) is 12.8 Å². The second kappa shape index (κ2) is 6.97. The van der Waals surface area contributed by atoms with Gasteiger partial charge in [0, 0.05) is 12.1 Å². The number of nitrogen functional groups attached to an aromatic ring is 1. The third kappa shape index (κ3) is 3.88. The van der Waals surface area contributed by atoms with Gasteiger partial charge in [0.25, 0.3) is 0 Å². The van der Waals surface area contributed by atoms with Crippen LogP contribution in [0.1, 0.15) is 52.0 Å². The number of anilines is 1. The minimum atomic E-state index is 0.0683. The van der Waals surface area contributed by atoms with Crippen LogP contribution in [0.25, 0.3) is 0 Å². The van der Waals surface area contributed by atoms with Gasteiger partial charge in [-0.15, -0.1) is 10.2 Å². The third-order valence-corrected chi connectivity index (χ3v) is 4.45. The Morgan fingerprint density at radius 2 is 2.10 bits per heavy atom. The fourth-order valence-corrected chi connectivity index (χ4v) is 3.40. The molecule has 1 aromatic heterocycles. The number of nitrogens with two attached hydrogens (primary N) is 1. The van der Waals surface area contributed by atoms with Crippen LogP contribution >= 0.6 is 11.8 Å². The topological polar surface area (TPSA) is 85.8 Å². The maximum Gasteiger partial charge on any atom is 0.230 e. The molecule has 1 heterocycles. The first-order valence-electron chi connectivity index (χ1n) is 7.20. The molecule has 1 aliphatic rings. The van der Waals surface area contributed by atoms with Gasteiger partial charge in [0.05, 0.1) is 5.75 Å². The Bertz CT molecular complexity index is 454. The summed E-state index contributed by atoms with van der Waals surface area (Å²) in [5, 5.41) is 11.7. The van der Waals surface area contributed by atoms with E-state index >= 15 is 0 Å². The lowest BCUT2D eigenvalue weighted by Crippen LogP contribution is -2.37. The Labute approximate surface area is 123 Å². The Kier molecular flexibility index (Phi) is 5.28. The van der Waals surface area contributed by atoms with Crippen molar-refractivity contribution in [1.82, 2.24) is 20.1 Å². The van der Waals surface area contributed by atoms with Crippen molar-refractivity contribution in [3.63, 3.8) is 0 Å². The summed E-state index contributed by atoms with van der Waals surface area (Å²) >= 11 is 1.39. The average molecular weight is 297 g/mol. The molecule has 1 aliphatic carbocycles. The number of amides is 1. The van der Waals surface area contributed by atoms with Crippen LogP contribution in [0, 0.1) is 0 Å². The highest BCUT2D eigenvalue weighted by molar-refractivity contribution is 7.99. The SMILES string of the molecule is CC(C)n1c(N)nnc1SCC(=O)NC1CCCCC1. The van der Waals surface area contributed by atoms with Gasteiger partial charge in [-0.25, -0.2) is 0 Å². The summed E-state index contributed by atoms with van der Waals surface area (Å²) in [5.74, 6) is 0.829. The summed E-state index contributed by atoms with van der Waals surface area (Å²) < 4.78 is 1.85. The van der Waals surface area contributed by atoms with Crippen molar-refractivity contribution in [2.75, 3.05) is 11.5 Å². The summed E-state index contributed by atoms with van der Waals surface area (Å²) in [6, 6.07) is 0.541. The van der Waals surface area contributed by atoms with E-state index in [1.54, 1.807) is 0 Å². The number of carbonyl (C=O) groups excluding carboxylic acids is 1. The van der Waals surface area contributed by atoms with E-state index in [2.05, 4.69) is 15.5 Å². The number of rotatable bonds is 5. The molecular weight excluding hydrogens is 274 g/mol. The van der Waals surface area contributed by atoms with E-state index in [0.29, 0.717) is 22.9 Å². The predicted octanol–water partition coefficient (Wildman–Crippen LogP) is 1.98. The molecule has 1 amide bonds. The summed E-state index contributed by atoms with van der Waals surface area (Å²) in [6.45, 7) is 4.04. The molecule has 1 fully saturated rings. The van der Waals surface area contributed by atoms with Crippen LogP contribution in [-0.4, -0.2) is 32.5 Å². The first kappa shape index (κ1) is 15.2. The number of nitrogens with one attached hydrogen (secondary N) is 1. The van der Waals surface area contributed by atoms with Crippen molar-refractivity contribution in [3.8, 4) is 0 Å². The molecule has 0 unspecified atom stereocenters. The van der Waals surface area contributed by atoms with Crippen LogP contribution in [0.2, 0.25) is 0 Å². The molecule has 3 N–H and O–H groups in total. The fourth-order valence-electron chi connectivity index (χ4n) is 2.52. The van der Waals surface area contributed by atoms with Crippen LogP contribution in [0.4, 0.5) is 5.95 Å². The lowest BCUT2D eigenvalue weighted by molar-refractivity contribution is -0.119. The molecule has 1 saturated carbocycles. The zero-order chi connectivity index (χ0) is 14.5. The van der Waals surface area contributed by atoms with Crippen molar-refractivity contribution in [2.45, 2.75) is 63.2 Å². The summed E-state index contributed by atoms with van der Waals surface area (Å²) in [4.78, 5) is 12.0. The minimum absolute atomic E-state index is 0.0683. The molecular formula is C13H23N5OS. The van der Waals surface area contributed by atoms with Crippen LogP contribution in [0.5, 0.6) is 0 Å². The van der Waals surface area contributed by atoms with Crippen molar-refractivity contribution in [3.05, 3.63) is 0 Å². The molecule has 0 aromatic carbocycles. The van der Waals surface area contributed by atoms with Crippen LogP contribution < -0.4 is 11.1 Å². The quantitative estimate of drug-likeness (QED) is 0.812. The van der Waals surface area contributed by atoms with Crippen LogP contribution in [0.15, 0.2) is 5.16 Å². The Morgan fingerprint density at radius 3 is 2.75 bits per heavy atom. The molecule has 0 atom stereocenters. The monoisotopic (exact) mass is 297 g/mol. The van der Waals surface area contributed by atoms with Crippen LogP contribution in [0.3, 0.4) is 0 Å². The summed E-state index contributed by atoms with van der Waals surface area (Å²) in [5.41, 5.74) is 5.77. The molecule has 20 heavy (non-hydrogen) atoms. The van der Waals surface area contributed by atoms with Gasteiger partial charge in [-0.2, -0.15) is 0 Å². The summed E-state index contributed by atoms with van der Waals surface area (Å²) in [6.07, 6.45) is 5.93. The molecule has 2 rings (SSSR count). The van der Waals surface area contributed by atoms with E-state index in [9.17, 15) is 4.79 Å². The molecule has 0 radical (unpaired) electrons. The molecule has 0 aliphatic heterocycles. The van der Waals surface area contributed by atoms with Gasteiger partial charge in [-0.3, -0.25) is 9.36 Å². The zero-order valence-corrected chi connectivity index (χ0v) is 12.9. The molecule has 0 saturated heterocycles. The Balaban J connectivity index is 1.84. The maximum atomic E-state index is 12.0. The highest BCUT2D eigenvalue weighted by Gasteiger charge is 2.18. The molecule has 6 nitrogen and oxygen atoms in total. The van der Waals surface area contributed by atoms with Gasteiger partial charge < -0.3 is 11.1 Å². The van der Waals surface area contributed by atoms with E-state index < -0.39 is 0 Å². The smallest absolute Gasteiger partial charge is 0.230 e. The normalized spacial score (nSPS) is 16.6. The van der Waals surface area contributed by atoms with E-state index in [-0.39, 0.29) is 11.9 Å². The number of thioether (sulfide) groups is 1. The van der Waals surface area contributed by atoms with Crippen molar-refractivity contribution in [2.24, 2.45) is 0 Å². The van der Waals surface area contributed by atoms with Gasteiger partial charge in [0.1, 0.15) is 0 Å². The molecule has 0 spiro atoms. The number of nitrogens with zero attached hydrogens (tertiary/aromatic N) is 3. The van der Waals surface area contributed by atoms with Crippen molar-refractivity contribution in [1.29, 1.82) is 0 Å². The fraction of sp³-hybridized carbons (Fsp3) is 0.769. The van der Waals surface area contributed by atoms with Gasteiger partial charge in [-0.1, -0.05) is 31.0 Å². The van der Waals surface area contributed by atoms with Gasteiger partial charge in [-0.05, 0) is 26.7 Å². The molecule has 112 valence electrons. The van der Waals surface area contributed by atoms with E-state index in [1.165, 1.54) is 31.0 Å². The zero-order valence-electron chi connectivity index (χ0n) is 12.1. The second-order valence-corrected chi connectivity index (χ2v) is 6.44. The number of hydrogen-bond acceptors (Lipinski definition) is 5. The number of aromatic nitrogens is 3. The number of carbonyl (C=O) groups is 1. The maximum absolute atomic E-state index is 12.0. The highest BCUT2D eigenvalue weighted by atomic mass is 32.2. The Morgan fingerprint density at radius 1 is 1.40 bits per heavy atom. The van der Waals surface area contributed by atoms with Crippen molar-refractivity contribution >= 4 is 23.6 Å². The van der Waals surface area contributed by atoms with Crippen molar-refractivity contribution < 1.29 is 4.79 Å². The third-order valence-electron chi connectivity index (χ3n) is 3.51. The molecule has 7 heteroatoms. The van der Waals surface area contributed by atoms with E-state index in [1.807, 2.05) is 18.4 Å². The standard InChI is InChI=1S/C13H23N5OS/c1-9(2)18-12(14)16-17-13(18)20-8-11(19)15-10-6-4-3-5-7-10/h9-10H,3-8H2,1-2H3,(H2,14,16)(H,15,19). The lowest BCUT2D eigenvalue weighted by atomic mass is 9.95. The first-order chi connectivity index (χ1) is 9.58. The predicted molar refractivity (Wildman–Crippen MR) is 80.6 cm³/mol. The largest absolute Gasteiger partial charge is 0.368 e. The second-order valence-electron chi connectivity index (χ2n) is 5.50. The van der Waals surface area contributed by atoms with Crippen LogP contribution in [-0.2, 0) is 4.79 Å².